The Morgan fingerprint density at radius 2 is 2.09 bits per heavy atom. The second kappa shape index (κ2) is 6.66. The van der Waals surface area contributed by atoms with Gasteiger partial charge < -0.3 is 10.3 Å². The summed E-state index contributed by atoms with van der Waals surface area (Å²) in [7, 11) is 0. The number of amides is 1. The molecule has 0 saturated heterocycles. The zero-order valence-electron chi connectivity index (χ0n) is 13.2. The van der Waals surface area contributed by atoms with Crippen LogP contribution in [-0.2, 0) is 6.54 Å². The number of fused-ring (bicyclic) bond motifs is 1. The molecule has 122 valence electrons. The number of rotatable bonds is 3. The van der Waals surface area contributed by atoms with Crippen LogP contribution in [0.3, 0.4) is 0 Å². The van der Waals surface area contributed by atoms with Crippen LogP contribution in [-0.4, -0.2) is 21.5 Å². The van der Waals surface area contributed by atoms with Crippen LogP contribution in [0.5, 0.6) is 0 Å². The van der Waals surface area contributed by atoms with Crippen molar-refractivity contribution in [1.29, 1.82) is 0 Å². The smallest absolute Gasteiger partial charge is 0.262 e. The number of hydrogen-bond acceptors (Lipinski definition) is 3. The maximum absolute atomic E-state index is 12.4. The first-order valence-corrected chi connectivity index (χ1v) is 8.58. The third-order valence-electron chi connectivity index (χ3n) is 4.50. The van der Waals surface area contributed by atoms with Gasteiger partial charge in [-0.1, -0.05) is 19.3 Å². The summed E-state index contributed by atoms with van der Waals surface area (Å²) in [5.74, 6) is -0.0854. The molecule has 2 N–H and O–H groups in total. The van der Waals surface area contributed by atoms with E-state index in [1.807, 2.05) is 6.92 Å². The lowest BCUT2D eigenvalue weighted by atomic mass is 9.95. The summed E-state index contributed by atoms with van der Waals surface area (Å²) in [6.07, 6.45) is 5.69. The first kappa shape index (κ1) is 15.9. The van der Waals surface area contributed by atoms with E-state index >= 15 is 0 Å². The third kappa shape index (κ3) is 3.22. The van der Waals surface area contributed by atoms with E-state index in [1.54, 1.807) is 18.2 Å². The van der Waals surface area contributed by atoms with Gasteiger partial charge in [-0.2, -0.15) is 0 Å². The lowest BCUT2D eigenvalue weighted by molar-refractivity contribution is 0.0928. The highest BCUT2D eigenvalue weighted by Crippen LogP contribution is 2.18. The molecule has 0 bridgehead atoms. The van der Waals surface area contributed by atoms with Gasteiger partial charge >= 0.3 is 0 Å². The van der Waals surface area contributed by atoms with Crippen molar-refractivity contribution >= 4 is 29.0 Å². The molecule has 1 amide bonds. The van der Waals surface area contributed by atoms with Crippen molar-refractivity contribution in [1.82, 2.24) is 14.9 Å². The van der Waals surface area contributed by atoms with Crippen molar-refractivity contribution in [2.75, 3.05) is 0 Å². The molecule has 3 rings (SSSR count). The van der Waals surface area contributed by atoms with Crippen molar-refractivity contribution in [3.8, 4) is 0 Å². The molecule has 0 radical (unpaired) electrons. The number of aromatic amines is 1. The molecule has 1 aliphatic rings. The Morgan fingerprint density at radius 3 is 2.78 bits per heavy atom. The van der Waals surface area contributed by atoms with Gasteiger partial charge in [0.05, 0.1) is 10.9 Å². The molecule has 1 heterocycles. The number of aromatic nitrogens is 2. The van der Waals surface area contributed by atoms with Gasteiger partial charge in [-0.05, 0) is 50.2 Å². The van der Waals surface area contributed by atoms with E-state index in [4.69, 9.17) is 12.2 Å². The van der Waals surface area contributed by atoms with Crippen LogP contribution in [0.2, 0.25) is 0 Å². The fraction of sp³-hybridized carbons (Fsp3) is 0.471. The maximum Gasteiger partial charge on any atom is 0.262 e. The number of carbonyl (C=O) groups is 1. The lowest BCUT2D eigenvalue weighted by Gasteiger charge is -2.22. The number of nitrogens with one attached hydrogen (secondary N) is 2. The van der Waals surface area contributed by atoms with Crippen LogP contribution in [0.15, 0.2) is 23.0 Å². The average Bonchev–Trinajstić information content (AvgIpc) is 2.55. The number of carbonyl (C=O) groups excluding carboxylic acids is 1. The zero-order valence-corrected chi connectivity index (χ0v) is 14.0. The van der Waals surface area contributed by atoms with Crippen molar-refractivity contribution in [2.45, 2.75) is 51.6 Å². The number of hydrogen-bond donors (Lipinski definition) is 2. The predicted molar refractivity (Wildman–Crippen MR) is 93.4 cm³/mol. The summed E-state index contributed by atoms with van der Waals surface area (Å²) in [6, 6.07) is 5.38. The van der Waals surface area contributed by atoms with Gasteiger partial charge in [0, 0.05) is 18.2 Å². The van der Waals surface area contributed by atoms with Gasteiger partial charge in [-0.3, -0.25) is 14.2 Å². The first-order chi connectivity index (χ1) is 11.1. The first-order valence-electron chi connectivity index (χ1n) is 8.18. The molecule has 0 spiro atoms. The molecular formula is C17H21N3O2S. The molecule has 23 heavy (non-hydrogen) atoms. The SMILES string of the molecule is CCn1c(=S)[nH]c2cc(C(=O)NC3CCCCC3)ccc2c1=O. The Balaban J connectivity index is 1.92. The molecule has 1 aromatic carbocycles. The van der Waals surface area contributed by atoms with Crippen molar-refractivity contribution < 1.29 is 4.79 Å². The molecule has 1 aliphatic carbocycles. The fourth-order valence-corrected chi connectivity index (χ4v) is 3.52. The minimum absolute atomic E-state index is 0.0854. The van der Waals surface area contributed by atoms with Crippen LogP contribution in [0, 0.1) is 4.77 Å². The van der Waals surface area contributed by atoms with E-state index in [2.05, 4.69) is 10.3 Å². The summed E-state index contributed by atoms with van der Waals surface area (Å²) in [6.45, 7) is 2.40. The Kier molecular flexibility index (Phi) is 4.61. The molecule has 6 heteroatoms. The molecular weight excluding hydrogens is 310 g/mol. The number of H-pyrrole nitrogens is 1. The monoisotopic (exact) mass is 331 g/mol. The largest absolute Gasteiger partial charge is 0.349 e. The third-order valence-corrected chi connectivity index (χ3v) is 4.82. The van der Waals surface area contributed by atoms with Crippen LogP contribution >= 0.6 is 12.2 Å². The molecule has 2 aromatic rings. The number of benzene rings is 1. The summed E-state index contributed by atoms with van der Waals surface area (Å²) >= 11 is 5.21. The van der Waals surface area contributed by atoms with Gasteiger partial charge in [0.15, 0.2) is 4.77 Å². The molecule has 0 atom stereocenters. The van der Waals surface area contributed by atoms with Crippen LogP contribution < -0.4 is 10.9 Å². The minimum atomic E-state index is -0.120. The Hall–Kier alpha value is -1.95. The average molecular weight is 331 g/mol. The van der Waals surface area contributed by atoms with Gasteiger partial charge in [-0.15, -0.1) is 0 Å². The molecule has 5 nitrogen and oxygen atoms in total. The Bertz CT molecular complexity index is 847. The Morgan fingerprint density at radius 1 is 1.35 bits per heavy atom. The van der Waals surface area contributed by atoms with Gasteiger partial charge in [-0.25, -0.2) is 0 Å². The standard InChI is InChI=1S/C17H21N3O2S/c1-2-20-16(22)13-9-8-11(10-14(13)19-17(20)23)15(21)18-12-6-4-3-5-7-12/h8-10,12H,2-7H2,1H3,(H,18,21)(H,19,23). The van der Waals surface area contributed by atoms with Gasteiger partial charge in [0.25, 0.3) is 11.5 Å². The summed E-state index contributed by atoms with van der Waals surface area (Å²) in [4.78, 5) is 27.8. The molecule has 0 aliphatic heterocycles. The van der Waals surface area contributed by atoms with E-state index in [0.717, 1.165) is 12.8 Å². The minimum Gasteiger partial charge on any atom is -0.349 e. The molecule has 0 unspecified atom stereocenters. The molecule has 1 fully saturated rings. The van der Waals surface area contributed by atoms with Gasteiger partial charge in [0.2, 0.25) is 0 Å². The van der Waals surface area contributed by atoms with Crippen molar-refractivity contribution in [3.63, 3.8) is 0 Å². The normalized spacial score (nSPS) is 15.7. The second-order valence-electron chi connectivity index (χ2n) is 6.05. The quantitative estimate of drug-likeness (QED) is 0.849. The van der Waals surface area contributed by atoms with Crippen LogP contribution in [0.4, 0.5) is 0 Å². The number of nitrogens with zero attached hydrogens (tertiary/aromatic N) is 1. The van der Waals surface area contributed by atoms with Crippen LogP contribution in [0.25, 0.3) is 10.9 Å². The highest BCUT2D eigenvalue weighted by atomic mass is 32.1. The van der Waals surface area contributed by atoms with E-state index < -0.39 is 0 Å². The summed E-state index contributed by atoms with van der Waals surface area (Å²) in [5.41, 5.74) is 1.05. The van der Waals surface area contributed by atoms with Crippen molar-refractivity contribution in [3.05, 3.63) is 38.9 Å². The highest BCUT2D eigenvalue weighted by Gasteiger charge is 2.17. The van der Waals surface area contributed by atoms with Crippen LogP contribution in [0.1, 0.15) is 49.4 Å². The van der Waals surface area contributed by atoms with E-state index in [9.17, 15) is 9.59 Å². The Labute approximate surface area is 139 Å². The van der Waals surface area contributed by atoms with E-state index in [-0.39, 0.29) is 17.5 Å². The zero-order chi connectivity index (χ0) is 16.4. The molecule has 1 saturated carbocycles. The molecule has 1 aromatic heterocycles. The van der Waals surface area contributed by atoms with E-state index in [0.29, 0.717) is 27.8 Å². The highest BCUT2D eigenvalue weighted by molar-refractivity contribution is 7.71. The fourth-order valence-electron chi connectivity index (χ4n) is 3.20. The predicted octanol–water partition coefficient (Wildman–Crippen LogP) is 3.14. The summed E-state index contributed by atoms with van der Waals surface area (Å²) < 4.78 is 1.90. The lowest BCUT2D eigenvalue weighted by Crippen LogP contribution is -2.36. The van der Waals surface area contributed by atoms with Gasteiger partial charge in [0.1, 0.15) is 0 Å². The summed E-state index contributed by atoms with van der Waals surface area (Å²) in [5, 5.41) is 3.64. The second-order valence-corrected chi connectivity index (χ2v) is 6.44. The maximum atomic E-state index is 12.4. The van der Waals surface area contributed by atoms with E-state index in [1.165, 1.54) is 23.8 Å². The van der Waals surface area contributed by atoms with Crippen molar-refractivity contribution in [2.24, 2.45) is 0 Å². The topological polar surface area (TPSA) is 66.9 Å².